The van der Waals surface area contributed by atoms with Gasteiger partial charge in [-0.25, -0.2) is 19.6 Å². The predicted molar refractivity (Wildman–Crippen MR) is 137 cm³/mol. The molecule has 10 heteroatoms. The van der Waals surface area contributed by atoms with Gasteiger partial charge in [-0.05, 0) is 64.8 Å². The van der Waals surface area contributed by atoms with Crippen molar-refractivity contribution in [3.63, 3.8) is 0 Å². The molecular weight excluding hydrogens is 474 g/mol. The SMILES string of the molecule is CCOC(=O)c1[nH]c([C@@H]2CCCN2C(=O)OC(C)(C)C)nc1-c1ccc(C(=O)Nc2ccccn2)cc1. The molecule has 0 bridgehead atoms. The molecule has 4 rings (SSSR count). The third-order valence-electron chi connectivity index (χ3n) is 5.73. The molecule has 1 atom stereocenters. The summed E-state index contributed by atoms with van der Waals surface area (Å²) in [6.07, 6.45) is 2.64. The highest BCUT2D eigenvalue weighted by atomic mass is 16.6. The highest BCUT2D eigenvalue weighted by Gasteiger charge is 2.36. The minimum atomic E-state index is -0.626. The maximum Gasteiger partial charge on any atom is 0.410 e. The van der Waals surface area contributed by atoms with Crippen molar-refractivity contribution >= 4 is 23.8 Å². The van der Waals surface area contributed by atoms with E-state index in [0.29, 0.717) is 41.4 Å². The monoisotopic (exact) mass is 505 g/mol. The van der Waals surface area contributed by atoms with Gasteiger partial charge in [0.1, 0.15) is 22.9 Å². The zero-order valence-electron chi connectivity index (χ0n) is 21.4. The van der Waals surface area contributed by atoms with E-state index < -0.39 is 17.7 Å². The molecule has 1 fully saturated rings. The van der Waals surface area contributed by atoms with Gasteiger partial charge in [0.25, 0.3) is 5.91 Å². The number of hydrogen-bond acceptors (Lipinski definition) is 7. The Morgan fingerprint density at radius 3 is 2.54 bits per heavy atom. The van der Waals surface area contributed by atoms with E-state index in [0.717, 1.165) is 6.42 Å². The number of esters is 1. The van der Waals surface area contributed by atoms with Gasteiger partial charge in [-0.2, -0.15) is 0 Å². The Hall–Kier alpha value is -4.21. The Bertz CT molecular complexity index is 1260. The number of aromatic nitrogens is 3. The Labute approximate surface area is 215 Å². The lowest BCUT2D eigenvalue weighted by atomic mass is 10.1. The second-order valence-electron chi connectivity index (χ2n) is 9.64. The first-order valence-electron chi connectivity index (χ1n) is 12.3. The van der Waals surface area contributed by atoms with Crippen LogP contribution in [0.25, 0.3) is 11.3 Å². The standard InChI is InChI=1S/C27H31N5O5/c1-5-36-25(34)22-21(17-11-13-18(14-12-17)24(33)29-20-10-6-7-15-28-20)30-23(31-22)19-9-8-16-32(19)26(35)37-27(2,3)4/h6-7,10-15,19H,5,8-9,16H2,1-4H3,(H,30,31)(H,28,29,33)/t19-/m0/s1. The Morgan fingerprint density at radius 1 is 1.14 bits per heavy atom. The lowest BCUT2D eigenvalue weighted by Gasteiger charge is -2.27. The van der Waals surface area contributed by atoms with E-state index in [1.54, 1.807) is 60.5 Å². The molecule has 2 N–H and O–H groups in total. The smallest absolute Gasteiger partial charge is 0.410 e. The first kappa shape index (κ1) is 25.9. The number of nitrogens with zero attached hydrogens (tertiary/aromatic N) is 3. The molecule has 0 spiro atoms. The summed E-state index contributed by atoms with van der Waals surface area (Å²) in [6, 6.07) is 11.6. The van der Waals surface area contributed by atoms with Crippen LogP contribution >= 0.6 is 0 Å². The number of imidazole rings is 1. The van der Waals surface area contributed by atoms with Gasteiger partial charge in [0.05, 0.1) is 12.6 Å². The van der Waals surface area contributed by atoms with Crippen molar-refractivity contribution in [1.29, 1.82) is 0 Å². The number of aromatic amines is 1. The fraction of sp³-hybridized carbons (Fsp3) is 0.370. The van der Waals surface area contributed by atoms with Crippen molar-refractivity contribution in [3.05, 3.63) is 65.7 Å². The molecule has 1 aromatic carbocycles. The van der Waals surface area contributed by atoms with E-state index in [2.05, 4.69) is 15.3 Å². The van der Waals surface area contributed by atoms with Crippen LogP contribution in [0.15, 0.2) is 48.7 Å². The first-order chi connectivity index (χ1) is 17.7. The van der Waals surface area contributed by atoms with Gasteiger partial charge in [0.2, 0.25) is 0 Å². The van der Waals surface area contributed by atoms with E-state index in [1.807, 2.05) is 20.8 Å². The average Bonchev–Trinajstić information content (AvgIpc) is 3.52. The molecule has 0 saturated carbocycles. The van der Waals surface area contributed by atoms with E-state index in [4.69, 9.17) is 14.5 Å². The number of H-pyrrole nitrogens is 1. The second-order valence-corrected chi connectivity index (χ2v) is 9.64. The normalized spacial score (nSPS) is 15.4. The fourth-order valence-corrected chi connectivity index (χ4v) is 4.10. The Morgan fingerprint density at radius 2 is 1.89 bits per heavy atom. The van der Waals surface area contributed by atoms with E-state index in [1.165, 1.54) is 0 Å². The molecule has 10 nitrogen and oxygen atoms in total. The van der Waals surface area contributed by atoms with Gasteiger partial charge < -0.3 is 19.8 Å². The van der Waals surface area contributed by atoms with Gasteiger partial charge in [-0.3, -0.25) is 9.69 Å². The van der Waals surface area contributed by atoms with Gasteiger partial charge in [0.15, 0.2) is 5.69 Å². The second kappa shape index (κ2) is 10.8. The largest absolute Gasteiger partial charge is 0.461 e. The number of rotatable bonds is 6. The van der Waals surface area contributed by atoms with Gasteiger partial charge >= 0.3 is 12.1 Å². The highest BCUT2D eigenvalue weighted by molar-refractivity contribution is 6.04. The maximum atomic E-state index is 12.8. The van der Waals surface area contributed by atoms with E-state index in [9.17, 15) is 14.4 Å². The minimum absolute atomic E-state index is 0.193. The van der Waals surface area contributed by atoms with Crippen LogP contribution in [0, 0.1) is 0 Å². The van der Waals surface area contributed by atoms with E-state index in [-0.39, 0.29) is 24.2 Å². The van der Waals surface area contributed by atoms with Crippen molar-refractivity contribution in [2.24, 2.45) is 0 Å². The minimum Gasteiger partial charge on any atom is -0.461 e. The fourth-order valence-electron chi connectivity index (χ4n) is 4.10. The molecule has 2 amide bonds. The van der Waals surface area contributed by atoms with Crippen molar-refractivity contribution in [1.82, 2.24) is 19.9 Å². The third-order valence-corrected chi connectivity index (χ3v) is 5.73. The lowest BCUT2D eigenvalue weighted by molar-refractivity contribution is 0.0218. The number of hydrogen-bond donors (Lipinski definition) is 2. The summed E-state index contributed by atoms with van der Waals surface area (Å²) in [5, 5.41) is 2.74. The van der Waals surface area contributed by atoms with Gasteiger partial charge in [-0.1, -0.05) is 18.2 Å². The number of benzene rings is 1. The molecule has 1 saturated heterocycles. The van der Waals surface area contributed by atoms with Crippen LogP contribution in [0.2, 0.25) is 0 Å². The van der Waals surface area contributed by atoms with Crippen molar-refractivity contribution in [2.75, 3.05) is 18.5 Å². The summed E-state index contributed by atoms with van der Waals surface area (Å²) >= 11 is 0. The van der Waals surface area contributed by atoms with Crippen LogP contribution in [0.4, 0.5) is 10.6 Å². The van der Waals surface area contributed by atoms with Crippen LogP contribution in [0.5, 0.6) is 0 Å². The summed E-state index contributed by atoms with van der Waals surface area (Å²) in [7, 11) is 0. The molecule has 0 aliphatic carbocycles. The molecule has 1 aliphatic heterocycles. The molecule has 0 unspecified atom stereocenters. The summed E-state index contributed by atoms with van der Waals surface area (Å²) in [5.41, 5.74) is 1.01. The van der Waals surface area contributed by atoms with E-state index >= 15 is 0 Å². The summed E-state index contributed by atoms with van der Waals surface area (Å²) in [6.45, 7) is 7.92. The van der Waals surface area contributed by atoms with Crippen LogP contribution in [0.1, 0.15) is 73.2 Å². The number of anilines is 1. The summed E-state index contributed by atoms with van der Waals surface area (Å²) in [4.78, 5) is 51.7. The molecule has 3 heterocycles. The molecule has 194 valence electrons. The zero-order chi connectivity index (χ0) is 26.6. The number of ether oxygens (including phenoxy) is 2. The summed E-state index contributed by atoms with van der Waals surface area (Å²) < 4.78 is 10.8. The molecule has 1 aliphatic rings. The topological polar surface area (TPSA) is 127 Å². The maximum absolute atomic E-state index is 12.8. The zero-order valence-corrected chi connectivity index (χ0v) is 21.4. The lowest BCUT2D eigenvalue weighted by Crippen LogP contribution is -2.36. The molecule has 37 heavy (non-hydrogen) atoms. The Balaban J connectivity index is 1.61. The van der Waals surface area contributed by atoms with Gasteiger partial charge in [-0.15, -0.1) is 0 Å². The third kappa shape index (κ3) is 6.14. The number of pyridine rings is 1. The summed E-state index contributed by atoms with van der Waals surface area (Å²) in [5.74, 6) is 0.0789. The van der Waals surface area contributed by atoms with Crippen LogP contribution in [-0.2, 0) is 9.47 Å². The van der Waals surface area contributed by atoms with Crippen molar-refractivity contribution in [2.45, 2.75) is 52.2 Å². The van der Waals surface area contributed by atoms with Crippen LogP contribution < -0.4 is 5.32 Å². The average molecular weight is 506 g/mol. The quantitative estimate of drug-likeness (QED) is 0.453. The highest BCUT2D eigenvalue weighted by Crippen LogP contribution is 2.34. The van der Waals surface area contributed by atoms with Crippen LogP contribution in [0.3, 0.4) is 0 Å². The molecule has 3 aromatic rings. The Kier molecular flexibility index (Phi) is 7.56. The predicted octanol–water partition coefficient (Wildman–Crippen LogP) is 4.97. The van der Waals surface area contributed by atoms with Crippen LogP contribution in [-0.4, -0.2) is 56.6 Å². The number of nitrogens with one attached hydrogen (secondary N) is 2. The number of amides is 2. The van der Waals surface area contributed by atoms with Crippen molar-refractivity contribution in [3.8, 4) is 11.3 Å². The molecular formula is C27H31N5O5. The number of carbonyl (C=O) groups is 3. The molecule has 2 aromatic heterocycles. The first-order valence-corrected chi connectivity index (χ1v) is 12.3. The number of likely N-dealkylation sites (tertiary alicyclic amines) is 1. The van der Waals surface area contributed by atoms with Crippen molar-refractivity contribution < 1.29 is 23.9 Å². The molecule has 0 radical (unpaired) electrons. The van der Waals surface area contributed by atoms with Gasteiger partial charge in [0, 0.05) is 23.9 Å². The number of carbonyl (C=O) groups excluding carboxylic acids is 3.